The van der Waals surface area contributed by atoms with Gasteiger partial charge in [-0.15, -0.1) is 0 Å². The van der Waals surface area contributed by atoms with Gasteiger partial charge in [0.2, 0.25) is 0 Å². The zero-order valence-corrected chi connectivity index (χ0v) is 16.4. The van der Waals surface area contributed by atoms with Crippen LogP contribution >= 0.6 is 0 Å². The Morgan fingerprint density at radius 1 is 1.04 bits per heavy atom. The molecule has 0 saturated carbocycles. The summed E-state index contributed by atoms with van der Waals surface area (Å²) < 4.78 is 38.5. The second-order valence-electron chi connectivity index (χ2n) is 5.94. The second-order valence-corrected chi connectivity index (χ2v) is 7.59. The summed E-state index contributed by atoms with van der Waals surface area (Å²) >= 11 is 0. The first kappa shape index (κ1) is 19.8. The fourth-order valence-corrected chi connectivity index (χ4v) is 3.98. The van der Waals surface area contributed by atoms with Crippen LogP contribution in [0.5, 0.6) is 5.75 Å². The van der Waals surface area contributed by atoms with Crippen LogP contribution in [0.1, 0.15) is 34.0 Å². The topological polar surface area (TPSA) is 81.7 Å². The van der Waals surface area contributed by atoms with Gasteiger partial charge in [-0.05, 0) is 68.7 Å². The number of nitrogens with one attached hydrogen (secondary N) is 1. The first-order chi connectivity index (χ1) is 12.2. The molecule has 140 valence electrons. The summed E-state index contributed by atoms with van der Waals surface area (Å²) in [7, 11) is -2.29. The summed E-state index contributed by atoms with van der Waals surface area (Å²) in [6, 6.07) is 8.02. The van der Waals surface area contributed by atoms with Crippen LogP contribution in [0.15, 0.2) is 35.2 Å². The molecule has 0 aromatic heterocycles. The molecular formula is C19H23NO5S. The Labute approximate surface area is 154 Å². The van der Waals surface area contributed by atoms with Gasteiger partial charge in [0.25, 0.3) is 10.0 Å². The van der Waals surface area contributed by atoms with Crippen molar-refractivity contribution in [1.29, 1.82) is 0 Å². The van der Waals surface area contributed by atoms with E-state index >= 15 is 0 Å². The fraction of sp³-hybridized carbons (Fsp3) is 0.316. The molecule has 0 bridgehead atoms. The summed E-state index contributed by atoms with van der Waals surface area (Å²) in [4.78, 5) is 12.1. The van der Waals surface area contributed by atoms with Crippen LogP contribution < -0.4 is 9.46 Å². The average Bonchev–Trinajstić information content (AvgIpc) is 2.58. The lowest BCUT2D eigenvalue weighted by Crippen LogP contribution is -2.16. The molecule has 0 saturated heterocycles. The van der Waals surface area contributed by atoms with Crippen molar-refractivity contribution < 1.29 is 22.7 Å². The highest BCUT2D eigenvalue weighted by Crippen LogP contribution is 2.28. The minimum atomic E-state index is -3.83. The van der Waals surface area contributed by atoms with E-state index in [9.17, 15) is 13.2 Å². The van der Waals surface area contributed by atoms with Gasteiger partial charge in [0, 0.05) is 0 Å². The van der Waals surface area contributed by atoms with Crippen molar-refractivity contribution in [3.8, 4) is 5.75 Å². The number of anilines is 1. The fourth-order valence-electron chi connectivity index (χ4n) is 2.55. The van der Waals surface area contributed by atoms with Crippen LogP contribution in [-0.2, 0) is 14.8 Å². The number of carbonyl (C=O) groups is 1. The van der Waals surface area contributed by atoms with Gasteiger partial charge in [-0.1, -0.05) is 6.07 Å². The number of hydrogen-bond donors (Lipinski definition) is 1. The van der Waals surface area contributed by atoms with Crippen LogP contribution in [0.2, 0.25) is 0 Å². The molecule has 0 radical (unpaired) electrons. The molecule has 0 atom stereocenters. The number of methoxy groups -OCH3 is 1. The lowest BCUT2D eigenvalue weighted by Gasteiger charge is -2.15. The molecule has 0 unspecified atom stereocenters. The predicted molar refractivity (Wildman–Crippen MR) is 100 cm³/mol. The smallest absolute Gasteiger partial charge is 0.338 e. The molecule has 2 aromatic rings. The third kappa shape index (κ3) is 4.16. The van der Waals surface area contributed by atoms with Gasteiger partial charge in [0.05, 0.1) is 29.9 Å². The van der Waals surface area contributed by atoms with Gasteiger partial charge in [-0.2, -0.15) is 0 Å². The van der Waals surface area contributed by atoms with E-state index in [1.54, 1.807) is 59.1 Å². The van der Waals surface area contributed by atoms with Crippen molar-refractivity contribution in [2.75, 3.05) is 18.4 Å². The molecule has 26 heavy (non-hydrogen) atoms. The molecule has 7 heteroatoms. The quantitative estimate of drug-likeness (QED) is 0.778. The van der Waals surface area contributed by atoms with Crippen molar-refractivity contribution >= 4 is 21.7 Å². The highest BCUT2D eigenvalue weighted by atomic mass is 32.2. The van der Waals surface area contributed by atoms with Crippen LogP contribution in [0, 0.1) is 20.8 Å². The molecule has 1 N–H and O–H groups in total. The molecule has 2 aromatic carbocycles. The normalized spacial score (nSPS) is 11.1. The van der Waals surface area contributed by atoms with E-state index in [0.29, 0.717) is 22.6 Å². The zero-order valence-electron chi connectivity index (χ0n) is 15.5. The van der Waals surface area contributed by atoms with Crippen LogP contribution in [0.3, 0.4) is 0 Å². The first-order valence-corrected chi connectivity index (χ1v) is 9.63. The number of rotatable bonds is 6. The van der Waals surface area contributed by atoms with Crippen molar-refractivity contribution in [3.05, 3.63) is 52.6 Å². The van der Waals surface area contributed by atoms with E-state index in [1.807, 2.05) is 0 Å². The second kappa shape index (κ2) is 7.78. The zero-order chi connectivity index (χ0) is 19.5. The molecular weight excluding hydrogens is 354 g/mol. The SMILES string of the molecule is CCOC(=O)c1ccc(C)c(NS(=O)(=O)c2cc(C)c(OC)cc2C)c1. The Balaban J connectivity index is 2.43. The maximum atomic E-state index is 12.9. The van der Waals surface area contributed by atoms with E-state index in [2.05, 4.69) is 4.72 Å². The van der Waals surface area contributed by atoms with Crippen molar-refractivity contribution in [1.82, 2.24) is 0 Å². The van der Waals surface area contributed by atoms with Crippen LogP contribution in [0.25, 0.3) is 0 Å². The Kier molecular flexibility index (Phi) is 5.92. The van der Waals surface area contributed by atoms with E-state index in [-0.39, 0.29) is 17.1 Å². The number of aryl methyl sites for hydroxylation is 3. The van der Waals surface area contributed by atoms with Crippen LogP contribution in [-0.4, -0.2) is 28.1 Å². The molecule has 0 aliphatic heterocycles. The summed E-state index contributed by atoms with van der Waals surface area (Å²) in [5.41, 5.74) is 2.61. The van der Waals surface area contributed by atoms with E-state index in [0.717, 1.165) is 5.56 Å². The van der Waals surface area contributed by atoms with Gasteiger partial charge >= 0.3 is 5.97 Å². The standard InChI is InChI=1S/C19H23NO5S/c1-6-25-19(21)15-8-7-12(2)16(11-15)20-26(22,23)18-10-13(3)17(24-5)9-14(18)4/h7-11,20H,6H2,1-5H3. The lowest BCUT2D eigenvalue weighted by molar-refractivity contribution is 0.0526. The van der Waals surface area contributed by atoms with Gasteiger partial charge in [-0.3, -0.25) is 4.72 Å². The first-order valence-electron chi connectivity index (χ1n) is 8.15. The Morgan fingerprint density at radius 3 is 2.35 bits per heavy atom. The number of carbonyl (C=O) groups excluding carboxylic acids is 1. The van der Waals surface area contributed by atoms with Crippen molar-refractivity contribution in [3.63, 3.8) is 0 Å². The van der Waals surface area contributed by atoms with Gasteiger partial charge in [-0.25, -0.2) is 13.2 Å². The highest BCUT2D eigenvalue weighted by molar-refractivity contribution is 7.92. The maximum Gasteiger partial charge on any atom is 0.338 e. The van der Waals surface area contributed by atoms with E-state index in [1.165, 1.54) is 6.07 Å². The molecule has 6 nitrogen and oxygen atoms in total. The van der Waals surface area contributed by atoms with Gasteiger partial charge in [0.1, 0.15) is 5.75 Å². The average molecular weight is 377 g/mol. The molecule has 0 aliphatic carbocycles. The molecule has 0 heterocycles. The largest absolute Gasteiger partial charge is 0.496 e. The third-order valence-electron chi connectivity index (χ3n) is 3.97. The third-order valence-corrected chi connectivity index (χ3v) is 5.48. The molecule has 2 rings (SSSR count). The van der Waals surface area contributed by atoms with Crippen molar-refractivity contribution in [2.45, 2.75) is 32.6 Å². The predicted octanol–water partition coefficient (Wildman–Crippen LogP) is 3.60. The summed E-state index contributed by atoms with van der Waals surface area (Å²) in [5.74, 6) is 0.131. The molecule has 0 fully saturated rings. The van der Waals surface area contributed by atoms with Gasteiger partial charge < -0.3 is 9.47 Å². The number of hydrogen-bond acceptors (Lipinski definition) is 5. The van der Waals surface area contributed by atoms with Gasteiger partial charge in [0.15, 0.2) is 0 Å². The summed E-state index contributed by atoms with van der Waals surface area (Å²) in [6.45, 7) is 7.21. The molecule has 0 aliphatic rings. The summed E-state index contributed by atoms with van der Waals surface area (Å²) in [6.07, 6.45) is 0. The maximum absolute atomic E-state index is 12.9. The Morgan fingerprint density at radius 2 is 1.73 bits per heavy atom. The molecule has 0 amide bonds. The van der Waals surface area contributed by atoms with E-state index in [4.69, 9.17) is 9.47 Å². The van der Waals surface area contributed by atoms with Crippen molar-refractivity contribution in [2.24, 2.45) is 0 Å². The minimum absolute atomic E-state index is 0.164. The molecule has 0 spiro atoms. The number of ether oxygens (including phenoxy) is 2. The number of benzene rings is 2. The minimum Gasteiger partial charge on any atom is -0.496 e. The monoisotopic (exact) mass is 377 g/mol. The van der Waals surface area contributed by atoms with Crippen LogP contribution in [0.4, 0.5) is 5.69 Å². The highest BCUT2D eigenvalue weighted by Gasteiger charge is 2.20. The number of esters is 1. The Hall–Kier alpha value is -2.54. The Bertz CT molecular complexity index is 935. The number of sulfonamides is 1. The summed E-state index contributed by atoms with van der Waals surface area (Å²) in [5, 5.41) is 0. The van der Waals surface area contributed by atoms with E-state index < -0.39 is 16.0 Å². The lowest BCUT2D eigenvalue weighted by atomic mass is 10.1.